The minimum atomic E-state index is -3.35. The first-order valence-corrected chi connectivity index (χ1v) is 8.98. The maximum atomic E-state index is 12.1. The number of hydrogen-bond acceptors (Lipinski definition) is 5. The van der Waals surface area contributed by atoms with E-state index in [4.69, 9.17) is 4.74 Å². The van der Waals surface area contributed by atoms with Crippen LogP contribution < -0.4 is 10.6 Å². The highest BCUT2D eigenvalue weighted by Crippen LogP contribution is 2.26. The summed E-state index contributed by atoms with van der Waals surface area (Å²) in [5.74, 6) is -0.408. The minimum absolute atomic E-state index is 0.134. The molecule has 1 heterocycles. The molecule has 1 aliphatic heterocycles. The van der Waals surface area contributed by atoms with Crippen molar-refractivity contribution >= 4 is 27.5 Å². The Bertz CT molecular complexity index is 750. The van der Waals surface area contributed by atoms with Crippen LogP contribution in [0.1, 0.15) is 26.3 Å². The zero-order valence-electron chi connectivity index (χ0n) is 13.5. The van der Waals surface area contributed by atoms with Crippen molar-refractivity contribution in [1.29, 1.82) is 0 Å². The zero-order valence-corrected chi connectivity index (χ0v) is 14.3. The van der Waals surface area contributed by atoms with Crippen molar-refractivity contribution in [3.05, 3.63) is 23.8 Å². The molecule has 0 unspecified atom stereocenters. The molecule has 0 spiro atoms. The highest BCUT2D eigenvalue weighted by Gasteiger charge is 2.29. The van der Waals surface area contributed by atoms with Crippen LogP contribution in [0.5, 0.6) is 0 Å². The van der Waals surface area contributed by atoms with Crippen molar-refractivity contribution in [2.24, 2.45) is 0 Å². The quantitative estimate of drug-likeness (QED) is 0.849. The van der Waals surface area contributed by atoms with Crippen LogP contribution in [0.2, 0.25) is 0 Å². The summed E-state index contributed by atoms with van der Waals surface area (Å²) in [5, 5.41) is 5.14. The number of rotatable bonds is 2. The number of fused-ring (bicyclic) bond motifs is 1. The molecule has 2 N–H and O–H groups in total. The second-order valence-corrected chi connectivity index (χ2v) is 8.50. The third-order valence-corrected chi connectivity index (χ3v) is 4.31. The van der Waals surface area contributed by atoms with Crippen LogP contribution in [0.4, 0.5) is 10.5 Å². The van der Waals surface area contributed by atoms with E-state index in [1.165, 1.54) is 12.1 Å². The van der Waals surface area contributed by atoms with Crippen LogP contribution in [0, 0.1) is 0 Å². The van der Waals surface area contributed by atoms with E-state index >= 15 is 0 Å². The molecule has 1 atom stereocenters. The molecule has 126 valence electrons. The maximum Gasteiger partial charge on any atom is 0.408 e. The first-order chi connectivity index (χ1) is 10.5. The molecule has 0 bridgehead atoms. The van der Waals surface area contributed by atoms with Gasteiger partial charge in [0.15, 0.2) is 9.84 Å². The molecule has 0 radical (unpaired) electrons. The van der Waals surface area contributed by atoms with Crippen molar-refractivity contribution in [2.45, 2.75) is 43.7 Å². The predicted octanol–water partition coefficient (Wildman–Crippen LogP) is 1.48. The largest absolute Gasteiger partial charge is 0.444 e. The molecule has 0 aromatic heterocycles. The van der Waals surface area contributed by atoms with Gasteiger partial charge in [-0.1, -0.05) is 6.07 Å². The first-order valence-electron chi connectivity index (χ1n) is 7.09. The van der Waals surface area contributed by atoms with Gasteiger partial charge in [0, 0.05) is 18.4 Å². The summed E-state index contributed by atoms with van der Waals surface area (Å²) in [5.41, 5.74) is 0.538. The van der Waals surface area contributed by atoms with Crippen LogP contribution in [0.15, 0.2) is 23.1 Å². The fraction of sp³-hybridized carbons (Fsp3) is 0.467. The number of alkyl carbamates (subject to hydrolysis) is 1. The fourth-order valence-electron chi connectivity index (χ4n) is 2.18. The van der Waals surface area contributed by atoms with Crippen molar-refractivity contribution < 1.29 is 22.7 Å². The topological polar surface area (TPSA) is 102 Å². The molecule has 1 aromatic carbocycles. The van der Waals surface area contributed by atoms with E-state index in [1.807, 2.05) is 0 Å². The van der Waals surface area contributed by atoms with Gasteiger partial charge in [-0.2, -0.15) is 0 Å². The van der Waals surface area contributed by atoms with E-state index in [-0.39, 0.29) is 11.3 Å². The number of nitrogens with one attached hydrogen (secondary N) is 2. The molecule has 1 aliphatic rings. The van der Waals surface area contributed by atoms with Gasteiger partial charge >= 0.3 is 6.09 Å². The molecule has 2 rings (SSSR count). The second kappa shape index (κ2) is 5.84. The summed E-state index contributed by atoms with van der Waals surface area (Å²) in [4.78, 5) is 24.0. The molecule has 1 aromatic rings. The minimum Gasteiger partial charge on any atom is -0.444 e. The Morgan fingerprint density at radius 3 is 2.57 bits per heavy atom. The molecule has 2 amide bonds. The normalized spacial score (nSPS) is 17.9. The summed E-state index contributed by atoms with van der Waals surface area (Å²) in [6.45, 7) is 5.20. The van der Waals surface area contributed by atoms with Crippen LogP contribution in [0.25, 0.3) is 0 Å². The van der Waals surface area contributed by atoms with Gasteiger partial charge < -0.3 is 15.4 Å². The number of ether oxygens (including phenoxy) is 1. The van der Waals surface area contributed by atoms with Crippen LogP contribution in [-0.4, -0.2) is 38.3 Å². The summed E-state index contributed by atoms with van der Waals surface area (Å²) >= 11 is 0. The lowest BCUT2D eigenvalue weighted by Gasteiger charge is -2.27. The molecule has 0 saturated carbocycles. The van der Waals surface area contributed by atoms with Gasteiger partial charge in [-0.05, 0) is 38.5 Å². The third kappa shape index (κ3) is 4.44. The Hall–Kier alpha value is -2.09. The van der Waals surface area contributed by atoms with E-state index in [0.717, 1.165) is 11.8 Å². The van der Waals surface area contributed by atoms with Gasteiger partial charge in [-0.25, -0.2) is 13.2 Å². The summed E-state index contributed by atoms with van der Waals surface area (Å²) in [7, 11) is -3.35. The third-order valence-electron chi connectivity index (χ3n) is 3.20. The van der Waals surface area contributed by atoms with E-state index in [2.05, 4.69) is 10.6 Å². The number of hydrogen-bond donors (Lipinski definition) is 2. The van der Waals surface area contributed by atoms with Gasteiger partial charge in [-0.3, -0.25) is 4.79 Å². The van der Waals surface area contributed by atoms with Gasteiger partial charge in [0.2, 0.25) is 5.91 Å². The maximum absolute atomic E-state index is 12.1. The standard InChI is InChI=1S/C15H20N2O5S/c1-15(2,3)22-14(19)17-12-7-9-5-6-10(23(4,20)21)8-11(9)16-13(12)18/h5-6,8,12H,7H2,1-4H3,(H,16,18)(H,17,19)/t12-/m1/s1. The van der Waals surface area contributed by atoms with E-state index < -0.39 is 33.5 Å². The van der Waals surface area contributed by atoms with Crippen molar-refractivity contribution in [3.8, 4) is 0 Å². The number of benzene rings is 1. The monoisotopic (exact) mass is 340 g/mol. The van der Waals surface area contributed by atoms with E-state index in [0.29, 0.717) is 5.69 Å². The lowest BCUT2D eigenvalue weighted by atomic mass is 9.99. The Labute approximate surface area is 135 Å². The lowest BCUT2D eigenvalue weighted by Crippen LogP contribution is -2.49. The van der Waals surface area contributed by atoms with Crippen LogP contribution >= 0.6 is 0 Å². The molecule has 0 saturated heterocycles. The predicted molar refractivity (Wildman–Crippen MR) is 85.0 cm³/mol. The van der Waals surface area contributed by atoms with Crippen molar-refractivity contribution in [3.63, 3.8) is 0 Å². The van der Waals surface area contributed by atoms with E-state index in [1.54, 1.807) is 26.8 Å². The van der Waals surface area contributed by atoms with Gasteiger partial charge in [0.05, 0.1) is 4.90 Å². The molecule has 0 fully saturated rings. The SMILES string of the molecule is CC(C)(C)OC(=O)N[C@@H]1Cc2ccc(S(C)(=O)=O)cc2NC1=O. The summed E-state index contributed by atoms with van der Waals surface area (Å²) in [6, 6.07) is 3.78. The Kier molecular flexibility index (Phi) is 4.39. The Morgan fingerprint density at radius 1 is 1.35 bits per heavy atom. The molecule has 23 heavy (non-hydrogen) atoms. The highest BCUT2D eigenvalue weighted by molar-refractivity contribution is 7.90. The second-order valence-electron chi connectivity index (χ2n) is 6.48. The first kappa shape index (κ1) is 17.3. The molecular formula is C15H20N2O5S. The zero-order chi connectivity index (χ0) is 17.4. The summed E-state index contributed by atoms with van der Waals surface area (Å²) < 4.78 is 28.2. The average Bonchev–Trinajstić information content (AvgIpc) is 2.35. The van der Waals surface area contributed by atoms with Crippen LogP contribution in [-0.2, 0) is 25.8 Å². The number of carbonyl (C=O) groups excluding carboxylic acids is 2. The van der Waals surface area contributed by atoms with E-state index in [9.17, 15) is 18.0 Å². The Balaban J connectivity index is 2.16. The molecule has 8 heteroatoms. The van der Waals surface area contributed by atoms with Crippen molar-refractivity contribution in [1.82, 2.24) is 5.32 Å². The molecular weight excluding hydrogens is 320 g/mol. The number of amides is 2. The average molecular weight is 340 g/mol. The molecule has 0 aliphatic carbocycles. The van der Waals surface area contributed by atoms with Crippen molar-refractivity contribution in [2.75, 3.05) is 11.6 Å². The Morgan fingerprint density at radius 2 is 2.00 bits per heavy atom. The number of sulfone groups is 1. The molecule has 7 nitrogen and oxygen atoms in total. The fourth-order valence-corrected chi connectivity index (χ4v) is 2.83. The lowest BCUT2D eigenvalue weighted by molar-refractivity contribution is -0.118. The summed E-state index contributed by atoms with van der Waals surface area (Å²) in [6.07, 6.45) is 0.699. The smallest absolute Gasteiger partial charge is 0.408 e. The highest BCUT2D eigenvalue weighted by atomic mass is 32.2. The number of carbonyl (C=O) groups is 2. The van der Waals surface area contributed by atoms with Gasteiger partial charge in [0.1, 0.15) is 11.6 Å². The van der Waals surface area contributed by atoms with Crippen LogP contribution in [0.3, 0.4) is 0 Å². The van der Waals surface area contributed by atoms with Gasteiger partial charge in [0.25, 0.3) is 0 Å². The van der Waals surface area contributed by atoms with Gasteiger partial charge in [-0.15, -0.1) is 0 Å². The number of anilines is 1.